The van der Waals surface area contributed by atoms with Gasteiger partial charge in [-0.2, -0.15) is 0 Å². The van der Waals surface area contributed by atoms with Crippen molar-refractivity contribution in [2.24, 2.45) is 11.8 Å². The van der Waals surface area contributed by atoms with Gasteiger partial charge in [-0.3, -0.25) is 14.5 Å². The summed E-state index contributed by atoms with van der Waals surface area (Å²) in [6.45, 7) is 1.73. The molecule has 0 bridgehead atoms. The Labute approximate surface area is 148 Å². The molecule has 1 unspecified atom stereocenters. The summed E-state index contributed by atoms with van der Waals surface area (Å²) in [5.41, 5.74) is 1.17. The number of nitrogens with zero attached hydrogens (tertiary/aromatic N) is 1. The minimum atomic E-state index is -0.716. The van der Waals surface area contributed by atoms with Crippen molar-refractivity contribution in [3.63, 3.8) is 0 Å². The Hall–Kier alpha value is -1.59. The third-order valence-electron chi connectivity index (χ3n) is 4.87. The Bertz CT molecular complexity index is 555. The highest BCUT2D eigenvalue weighted by atomic mass is 35.5. The van der Waals surface area contributed by atoms with Crippen LogP contribution in [0.4, 0.5) is 0 Å². The van der Waals surface area contributed by atoms with Crippen molar-refractivity contribution < 1.29 is 14.7 Å². The number of hydrogen-bond acceptors (Lipinski definition) is 3. The van der Waals surface area contributed by atoms with Crippen LogP contribution in [0.2, 0.25) is 0 Å². The fraction of sp³-hybridized carbons (Fsp3) is 0.556. The molecular formula is C18H25ClN2O3. The van der Waals surface area contributed by atoms with Crippen LogP contribution in [0.15, 0.2) is 30.3 Å². The standard InChI is InChI=1S/C18H24N2O3.ClH/c21-16(12-20-10-8-15(9-11-20)18(22)23)19-17(14-6-7-14)13-4-2-1-3-5-13;/h1-5,14-15,17H,6-12H2,(H,19,21)(H,22,23);1H. The number of benzene rings is 1. The Morgan fingerprint density at radius 1 is 1.12 bits per heavy atom. The number of carbonyl (C=O) groups excluding carboxylic acids is 1. The van der Waals surface area contributed by atoms with E-state index in [2.05, 4.69) is 22.3 Å². The second-order valence-electron chi connectivity index (χ2n) is 6.68. The van der Waals surface area contributed by atoms with E-state index in [4.69, 9.17) is 5.11 Å². The van der Waals surface area contributed by atoms with Gasteiger partial charge in [-0.1, -0.05) is 30.3 Å². The van der Waals surface area contributed by atoms with Gasteiger partial charge in [0.05, 0.1) is 18.5 Å². The molecule has 2 aliphatic rings. The summed E-state index contributed by atoms with van der Waals surface area (Å²) in [4.78, 5) is 25.4. The molecule has 0 spiro atoms. The number of piperidine rings is 1. The zero-order chi connectivity index (χ0) is 16.2. The molecule has 1 amide bonds. The molecule has 0 aromatic heterocycles. The Kier molecular flexibility index (Phi) is 6.63. The molecule has 132 valence electrons. The summed E-state index contributed by atoms with van der Waals surface area (Å²) in [6.07, 6.45) is 3.61. The largest absolute Gasteiger partial charge is 0.481 e. The van der Waals surface area contributed by atoms with Crippen LogP contribution in [0, 0.1) is 11.8 Å². The lowest BCUT2D eigenvalue weighted by molar-refractivity contribution is -0.143. The average molecular weight is 353 g/mol. The van der Waals surface area contributed by atoms with Gasteiger partial charge in [-0.25, -0.2) is 0 Å². The van der Waals surface area contributed by atoms with Gasteiger partial charge in [0.15, 0.2) is 0 Å². The third kappa shape index (κ3) is 4.95. The molecule has 5 nitrogen and oxygen atoms in total. The van der Waals surface area contributed by atoms with Gasteiger partial charge in [0.1, 0.15) is 0 Å². The maximum Gasteiger partial charge on any atom is 0.306 e. The van der Waals surface area contributed by atoms with E-state index in [1.807, 2.05) is 18.2 Å². The second-order valence-corrected chi connectivity index (χ2v) is 6.68. The van der Waals surface area contributed by atoms with Crippen LogP contribution < -0.4 is 5.32 Å². The molecule has 1 heterocycles. The fourth-order valence-corrected chi connectivity index (χ4v) is 3.32. The first-order valence-electron chi connectivity index (χ1n) is 8.43. The lowest BCUT2D eigenvalue weighted by atomic mass is 9.97. The van der Waals surface area contributed by atoms with Crippen molar-refractivity contribution in [1.82, 2.24) is 10.2 Å². The summed E-state index contributed by atoms with van der Waals surface area (Å²) in [5, 5.41) is 12.2. The van der Waals surface area contributed by atoms with Gasteiger partial charge in [0.25, 0.3) is 0 Å². The average Bonchev–Trinajstić information content (AvgIpc) is 3.39. The van der Waals surface area contributed by atoms with Crippen molar-refractivity contribution >= 4 is 24.3 Å². The number of hydrogen-bond donors (Lipinski definition) is 2. The first-order chi connectivity index (χ1) is 11.1. The Morgan fingerprint density at radius 2 is 1.75 bits per heavy atom. The minimum Gasteiger partial charge on any atom is -0.481 e. The molecule has 3 rings (SSSR count). The molecule has 2 fully saturated rings. The first-order valence-corrected chi connectivity index (χ1v) is 8.43. The number of aliphatic carboxylic acids is 1. The normalized spacial score (nSPS) is 20.0. The van der Waals surface area contributed by atoms with Crippen LogP contribution in [0.25, 0.3) is 0 Å². The Balaban J connectivity index is 0.00000208. The molecule has 2 N–H and O–H groups in total. The zero-order valence-corrected chi connectivity index (χ0v) is 14.5. The molecule has 1 aromatic rings. The van der Waals surface area contributed by atoms with Crippen molar-refractivity contribution in [2.75, 3.05) is 19.6 Å². The lowest BCUT2D eigenvalue weighted by Gasteiger charge is -2.30. The predicted molar refractivity (Wildman–Crippen MR) is 94.1 cm³/mol. The van der Waals surface area contributed by atoms with E-state index in [9.17, 15) is 9.59 Å². The van der Waals surface area contributed by atoms with Crippen molar-refractivity contribution in [2.45, 2.75) is 31.7 Å². The van der Waals surface area contributed by atoms with Crippen molar-refractivity contribution in [3.8, 4) is 0 Å². The SMILES string of the molecule is Cl.O=C(CN1CCC(C(=O)O)CC1)NC(c1ccccc1)C1CC1. The summed E-state index contributed by atoms with van der Waals surface area (Å²) in [7, 11) is 0. The van der Waals surface area contributed by atoms with Crippen LogP contribution in [0.5, 0.6) is 0 Å². The van der Waals surface area contributed by atoms with Gasteiger partial charge < -0.3 is 10.4 Å². The second kappa shape index (κ2) is 8.49. The maximum atomic E-state index is 12.4. The molecule has 6 heteroatoms. The van der Waals surface area contributed by atoms with Crippen LogP contribution in [-0.2, 0) is 9.59 Å². The molecule has 1 aromatic carbocycles. The van der Waals surface area contributed by atoms with E-state index in [1.54, 1.807) is 0 Å². The van der Waals surface area contributed by atoms with E-state index in [1.165, 1.54) is 18.4 Å². The van der Waals surface area contributed by atoms with E-state index in [0.29, 0.717) is 38.4 Å². The summed E-state index contributed by atoms with van der Waals surface area (Å²) < 4.78 is 0. The number of halogens is 1. The van der Waals surface area contributed by atoms with Gasteiger partial charge in [-0.15, -0.1) is 12.4 Å². The maximum absolute atomic E-state index is 12.4. The number of carbonyl (C=O) groups is 2. The van der Waals surface area contributed by atoms with Gasteiger partial charge in [0, 0.05) is 0 Å². The van der Waals surface area contributed by atoms with Crippen molar-refractivity contribution in [3.05, 3.63) is 35.9 Å². The highest BCUT2D eigenvalue weighted by molar-refractivity contribution is 5.85. The molecule has 24 heavy (non-hydrogen) atoms. The van der Waals surface area contributed by atoms with Crippen LogP contribution >= 0.6 is 12.4 Å². The third-order valence-corrected chi connectivity index (χ3v) is 4.87. The van der Waals surface area contributed by atoms with Crippen LogP contribution in [0.1, 0.15) is 37.3 Å². The molecule has 0 radical (unpaired) electrons. The zero-order valence-electron chi connectivity index (χ0n) is 13.7. The van der Waals surface area contributed by atoms with Gasteiger partial charge >= 0.3 is 5.97 Å². The molecule has 1 atom stereocenters. The number of carboxylic acids is 1. The van der Waals surface area contributed by atoms with E-state index >= 15 is 0 Å². The van der Waals surface area contributed by atoms with E-state index in [-0.39, 0.29) is 30.3 Å². The van der Waals surface area contributed by atoms with E-state index in [0.717, 1.165) is 0 Å². The molecule has 1 aliphatic carbocycles. The highest BCUT2D eigenvalue weighted by Crippen LogP contribution is 2.40. The molecular weight excluding hydrogens is 328 g/mol. The number of amides is 1. The molecule has 1 saturated carbocycles. The highest BCUT2D eigenvalue weighted by Gasteiger charge is 2.34. The van der Waals surface area contributed by atoms with Crippen LogP contribution in [0.3, 0.4) is 0 Å². The fourth-order valence-electron chi connectivity index (χ4n) is 3.32. The number of nitrogens with one attached hydrogen (secondary N) is 1. The molecule has 1 aliphatic heterocycles. The first kappa shape index (κ1) is 18.7. The number of rotatable bonds is 6. The Morgan fingerprint density at radius 3 is 2.29 bits per heavy atom. The molecule has 1 saturated heterocycles. The smallest absolute Gasteiger partial charge is 0.306 e. The monoisotopic (exact) mass is 352 g/mol. The topological polar surface area (TPSA) is 69.6 Å². The van der Waals surface area contributed by atoms with Crippen molar-refractivity contribution in [1.29, 1.82) is 0 Å². The van der Waals surface area contributed by atoms with E-state index < -0.39 is 5.97 Å². The lowest BCUT2D eigenvalue weighted by Crippen LogP contribution is -2.43. The summed E-state index contributed by atoms with van der Waals surface area (Å²) in [6, 6.07) is 10.3. The minimum absolute atomic E-state index is 0. The summed E-state index contributed by atoms with van der Waals surface area (Å²) >= 11 is 0. The van der Waals surface area contributed by atoms with Crippen LogP contribution in [-0.4, -0.2) is 41.5 Å². The summed E-state index contributed by atoms with van der Waals surface area (Å²) in [5.74, 6) is -0.372. The number of likely N-dealkylation sites (tertiary alicyclic amines) is 1. The van der Waals surface area contributed by atoms with Gasteiger partial charge in [0.2, 0.25) is 5.91 Å². The number of carboxylic acid groups (broad SMARTS) is 1. The quantitative estimate of drug-likeness (QED) is 0.825. The predicted octanol–water partition coefficient (Wildman–Crippen LogP) is 2.47. The van der Waals surface area contributed by atoms with Gasteiger partial charge in [-0.05, 0) is 50.3 Å².